The number of rotatable bonds is 3. The van der Waals surface area contributed by atoms with E-state index in [1.807, 2.05) is 42.2 Å². The number of β-lactam (4-membered cyclic amide) rings is 1. The molecule has 0 bridgehead atoms. The van der Waals surface area contributed by atoms with Gasteiger partial charge in [0.05, 0.1) is 11.1 Å². The lowest BCUT2D eigenvalue weighted by Gasteiger charge is -2.52. The molecule has 2 aliphatic heterocycles. The van der Waals surface area contributed by atoms with Crippen LogP contribution in [0, 0.1) is 12.3 Å². The van der Waals surface area contributed by atoms with Crippen molar-refractivity contribution in [1.29, 1.82) is 0 Å². The lowest BCUT2D eigenvalue weighted by atomic mass is 9.71. The number of aryl methyl sites for hydroxylation is 1. The summed E-state index contributed by atoms with van der Waals surface area (Å²) in [6.07, 6.45) is 1.82. The SMILES string of the molecule is Cc1ccc(N2CCC3(CC2)CN(Cc2ccccc2)C3=O)nn1. The van der Waals surface area contributed by atoms with Crippen LogP contribution in [-0.2, 0) is 11.3 Å². The second kappa shape index (κ2) is 5.89. The maximum atomic E-state index is 12.7. The molecule has 0 radical (unpaired) electrons. The number of likely N-dealkylation sites (tertiary alicyclic amines) is 1. The molecule has 0 atom stereocenters. The predicted octanol–water partition coefficient (Wildman–Crippen LogP) is 2.41. The third kappa shape index (κ3) is 2.64. The van der Waals surface area contributed by atoms with E-state index in [4.69, 9.17) is 0 Å². The molecule has 2 fully saturated rings. The molecule has 1 aromatic heterocycles. The molecule has 1 spiro atoms. The largest absolute Gasteiger partial charge is 0.355 e. The predicted molar refractivity (Wildman–Crippen MR) is 92.5 cm³/mol. The molecule has 1 aromatic carbocycles. The van der Waals surface area contributed by atoms with Crippen molar-refractivity contribution in [3.8, 4) is 0 Å². The summed E-state index contributed by atoms with van der Waals surface area (Å²) in [5.74, 6) is 1.24. The van der Waals surface area contributed by atoms with Crippen molar-refractivity contribution in [1.82, 2.24) is 15.1 Å². The second-order valence-electron chi connectivity index (χ2n) is 6.95. The van der Waals surface area contributed by atoms with E-state index in [1.54, 1.807) is 0 Å². The summed E-state index contributed by atoms with van der Waals surface area (Å²) in [5, 5.41) is 8.40. The van der Waals surface area contributed by atoms with Crippen molar-refractivity contribution in [3.63, 3.8) is 0 Å². The molecule has 24 heavy (non-hydrogen) atoms. The molecule has 0 aliphatic carbocycles. The number of hydrogen-bond donors (Lipinski definition) is 0. The van der Waals surface area contributed by atoms with Crippen LogP contribution >= 0.6 is 0 Å². The van der Waals surface area contributed by atoms with Gasteiger partial charge in [0.15, 0.2) is 5.82 Å². The average molecular weight is 322 g/mol. The Morgan fingerprint density at radius 3 is 2.42 bits per heavy atom. The maximum absolute atomic E-state index is 12.7. The minimum atomic E-state index is -0.136. The summed E-state index contributed by atoms with van der Waals surface area (Å²) < 4.78 is 0. The Balaban J connectivity index is 1.36. The lowest BCUT2D eigenvalue weighted by molar-refractivity contribution is -0.163. The molecular weight excluding hydrogens is 300 g/mol. The fourth-order valence-electron chi connectivity index (χ4n) is 3.78. The van der Waals surface area contributed by atoms with Gasteiger partial charge in [-0.3, -0.25) is 4.79 Å². The van der Waals surface area contributed by atoms with Crippen LogP contribution in [-0.4, -0.2) is 40.6 Å². The van der Waals surface area contributed by atoms with Gasteiger partial charge in [0.1, 0.15) is 0 Å². The maximum Gasteiger partial charge on any atom is 0.231 e. The molecule has 3 heterocycles. The molecule has 1 amide bonds. The highest BCUT2D eigenvalue weighted by atomic mass is 16.2. The van der Waals surface area contributed by atoms with E-state index < -0.39 is 0 Å². The number of aromatic nitrogens is 2. The third-order valence-electron chi connectivity index (χ3n) is 5.28. The van der Waals surface area contributed by atoms with Crippen molar-refractivity contribution in [3.05, 3.63) is 53.7 Å². The first-order valence-electron chi connectivity index (χ1n) is 8.55. The first-order chi connectivity index (χ1) is 11.7. The zero-order valence-electron chi connectivity index (χ0n) is 14.0. The summed E-state index contributed by atoms with van der Waals surface area (Å²) in [7, 11) is 0. The summed E-state index contributed by atoms with van der Waals surface area (Å²) in [6.45, 7) is 5.31. The minimum Gasteiger partial charge on any atom is -0.355 e. The van der Waals surface area contributed by atoms with Crippen molar-refractivity contribution in [2.75, 3.05) is 24.5 Å². The van der Waals surface area contributed by atoms with Crippen LogP contribution in [0.25, 0.3) is 0 Å². The van der Waals surface area contributed by atoms with Gasteiger partial charge in [-0.05, 0) is 37.5 Å². The van der Waals surface area contributed by atoms with Gasteiger partial charge in [-0.2, -0.15) is 5.10 Å². The van der Waals surface area contributed by atoms with Crippen LogP contribution in [0.1, 0.15) is 24.1 Å². The molecule has 5 heteroatoms. The Labute approximate surface area is 142 Å². The Morgan fingerprint density at radius 2 is 1.79 bits per heavy atom. The van der Waals surface area contributed by atoms with Gasteiger partial charge in [0, 0.05) is 26.2 Å². The van der Waals surface area contributed by atoms with Crippen LogP contribution in [0.15, 0.2) is 42.5 Å². The number of amides is 1. The Hall–Kier alpha value is -2.43. The van der Waals surface area contributed by atoms with Crippen molar-refractivity contribution in [2.45, 2.75) is 26.3 Å². The van der Waals surface area contributed by atoms with E-state index in [1.165, 1.54) is 5.56 Å². The lowest BCUT2D eigenvalue weighted by Crippen LogP contribution is -2.64. The van der Waals surface area contributed by atoms with Crippen LogP contribution in [0.5, 0.6) is 0 Å². The average Bonchev–Trinajstić information content (AvgIpc) is 2.63. The zero-order chi connectivity index (χ0) is 16.6. The molecule has 2 saturated heterocycles. The van der Waals surface area contributed by atoms with Gasteiger partial charge in [0.25, 0.3) is 0 Å². The van der Waals surface area contributed by atoms with Gasteiger partial charge in [-0.15, -0.1) is 5.10 Å². The number of piperidine rings is 1. The normalized spacial score (nSPS) is 19.5. The monoisotopic (exact) mass is 322 g/mol. The second-order valence-corrected chi connectivity index (χ2v) is 6.95. The van der Waals surface area contributed by atoms with E-state index in [-0.39, 0.29) is 5.41 Å². The first kappa shape index (κ1) is 15.1. The van der Waals surface area contributed by atoms with Gasteiger partial charge in [-0.1, -0.05) is 30.3 Å². The van der Waals surface area contributed by atoms with Gasteiger partial charge >= 0.3 is 0 Å². The highest BCUT2D eigenvalue weighted by molar-refractivity contribution is 5.89. The smallest absolute Gasteiger partial charge is 0.231 e. The van der Waals surface area contributed by atoms with Crippen LogP contribution in [0.3, 0.4) is 0 Å². The van der Waals surface area contributed by atoms with Crippen LogP contribution in [0.4, 0.5) is 5.82 Å². The number of benzene rings is 1. The first-order valence-corrected chi connectivity index (χ1v) is 8.55. The summed E-state index contributed by atoms with van der Waals surface area (Å²) in [6, 6.07) is 14.2. The van der Waals surface area contributed by atoms with Gasteiger partial charge < -0.3 is 9.80 Å². The number of nitrogens with zero attached hydrogens (tertiary/aromatic N) is 4. The fraction of sp³-hybridized carbons (Fsp3) is 0.421. The van der Waals surface area contributed by atoms with Gasteiger partial charge in [-0.25, -0.2) is 0 Å². The number of hydrogen-bond acceptors (Lipinski definition) is 4. The van der Waals surface area contributed by atoms with Crippen molar-refractivity contribution >= 4 is 11.7 Å². The van der Waals surface area contributed by atoms with Crippen molar-refractivity contribution in [2.24, 2.45) is 5.41 Å². The van der Waals surface area contributed by atoms with Gasteiger partial charge in [0.2, 0.25) is 5.91 Å². The van der Waals surface area contributed by atoms with Crippen LogP contribution < -0.4 is 4.90 Å². The van der Waals surface area contributed by atoms with E-state index in [9.17, 15) is 4.79 Å². The number of anilines is 1. The number of carbonyl (C=O) groups excluding carboxylic acids is 1. The van der Waals surface area contributed by atoms with E-state index in [0.717, 1.165) is 50.5 Å². The van der Waals surface area contributed by atoms with Crippen molar-refractivity contribution < 1.29 is 4.79 Å². The molecular formula is C19H22N4O. The summed E-state index contributed by atoms with van der Waals surface area (Å²) in [5.41, 5.74) is 2.00. The highest BCUT2D eigenvalue weighted by Crippen LogP contribution is 2.42. The molecule has 5 nitrogen and oxygen atoms in total. The van der Waals surface area contributed by atoms with Crippen LogP contribution in [0.2, 0.25) is 0 Å². The number of carbonyl (C=O) groups is 1. The third-order valence-corrected chi connectivity index (χ3v) is 5.28. The summed E-state index contributed by atoms with van der Waals surface area (Å²) in [4.78, 5) is 16.9. The Morgan fingerprint density at radius 1 is 1.04 bits per heavy atom. The van der Waals surface area contributed by atoms with E-state index in [2.05, 4.69) is 27.2 Å². The Kier molecular flexibility index (Phi) is 3.71. The molecule has 4 rings (SSSR count). The highest BCUT2D eigenvalue weighted by Gasteiger charge is 2.52. The molecule has 0 saturated carbocycles. The van der Waals surface area contributed by atoms with E-state index >= 15 is 0 Å². The Bertz CT molecular complexity index is 721. The van der Waals surface area contributed by atoms with E-state index in [0.29, 0.717) is 5.91 Å². The topological polar surface area (TPSA) is 49.3 Å². The molecule has 2 aromatic rings. The molecule has 0 unspecified atom stereocenters. The minimum absolute atomic E-state index is 0.136. The molecule has 0 N–H and O–H groups in total. The summed E-state index contributed by atoms with van der Waals surface area (Å²) >= 11 is 0. The molecule has 2 aliphatic rings. The quantitative estimate of drug-likeness (QED) is 0.814. The standard InChI is InChI=1S/C19H22N4O/c1-15-7-8-17(21-20-15)22-11-9-19(10-12-22)14-23(18(19)24)13-16-5-3-2-4-6-16/h2-8H,9-14H2,1H3. The fourth-order valence-corrected chi connectivity index (χ4v) is 3.78. The molecule has 124 valence electrons. The zero-order valence-corrected chi connectivity index (χ0v) is 14.0.